The summed E-state index contributed by atoms with van der Waals surface area (Å²) in [5.41, 5.74) is 2.96. The highest BCUT2D eigenvalue weighted by Gasteiger charge is 2.24. The first-order chi connectivity index (χ1) is 13.5. The monoisotopic (exact) mass is 377 g/mol. The van der Waals surface area contributed by atoms with Crippen LogP contribution in [0.25, 0.3) is 5.52 Å². The number of ether oxygens (including phenoxy) is 1. The van der Waals surface area contributed by atoms with Crippen LogP contribution in [0.4, 0.5) is 5.69 Å². The van der Waals surface area contributed by atoms with Gasteiger partial charge in [-0.1, -0.05) is 6.07 Å². The van der Waals surface area contributed by atoms with Crippen LogP contribution in [-0.2, 0) is 0 Å². The Morgan fingerprint density at radius 2 is 1.86 bits per heavy atom. The number of carbonyl (C=O) groups is 2. The van der Waals surface area contributed by atoms with Crippen LogP contribution < -0.4 is 14.7 Å². The van der Waals surface area contributed by atoms with Crippen LogP contribution >= 0.6 is 0 Å². The standard InChI is InChI=1S/C22H22N2O4/c1-14-19(24-12-4-3-7-18(24)21(14)28-2)20(25)15-8-9-17(16(13-15)22(26)27)23-10-5-6-11-23/h3-4,7-9,12-13H,5-6,10-11H2,1-2H3,(H,26,27)/p-1. The number of hydrogen-bond acceptors (Lipinski definition) is 5. The van der Waals surface area contributed by atoms with Crippen molar-refractivity contribution in [1.29, 1.82) is 0 Å². The van der Waals surface area contributed by atoms with Gasteiger partial charge >= 0.3 is 0 Å². The van der Waals surface area contributed by atoms with E-state index in [-0.39, 0.29) is 11.3 Å². The van der Waals surface area contributed by atoms with Crippen molar-refractivity contribution in [3.05, 3.63) is 65.0 Å². The number of aromatic nitrogens is 1. The highest BCUT2D eigenvalue weighted by Crippen LogP contribution is 2.32. The van der Waals surface area contributed by atoms with Gasteiger partial charge in [-0.05, 0) is 50.1 Å². The lowest BCUT2D eigenvalue weighted by atomic mass is 10.0. The number of carboxylic acids is 1. The first kappa shape index (κ1) is 18.1. The zero-order valence-electron chi connectivity index (χ0n) is 15.9. The molecule has 1 fully saturated rings. The summed E-state index contributed by atoms with van der Waals surface area (Å²) in [5.74, 6) is -0.888. The predicted molar refractivity (Wildman–Crippen MR) is 104 cm³/mol. The first-order valence-corrected chi connectivity index (χ1v) is 9.31. The Kier molecular flexibility index (Phi) is 4.55. The van der Waals surface area contributed by atoms with Crippen molar-refractivity contribution in [3.8, 4) is 5.75 Å². The summed E-state index contributed by atoms with van der Waals surface area (Å²) in [6.07, 6.45) is 3.86. The molecule has 6 nitrogen and oxygen atoms in total. The van der Waals surface area contributed by atoms with Gasteiger partial charge in [0, 0.05) is 41.7 Å². The molecule has 0 N–H and O–H groups in total. The Balaban J connectivity index is 1.83. The van der Waals surface area contributed by atoms with Crippen molar-refractivity contribution in [2.24, 2.45) is 0 Å². The highest BCUT2D eigenvalue weighted by molar-refractivity contribution is 6.11. The molecule has 1 aromatic carbocycles. The third-order valence-electron chi connectivity index (χ3n) is 5.37. The second-order valence-corrected chi connectivity index (χ2v) is 7.01. The zero-order chi connectivity index (χ0) is 19.8. The number of hydrogen-bond donors (Lipinski definition) is 0. The first-order valence-electron chi connectivity index (χ1n) is 9.31. The number of ketones is 1. The second-order valence-electron chi connectivity index (χ2n) is 7.01. The van der Waals surface area contributed by atoms with Crippen LogP contribution in [0.1, 0.15) is 44.8 Å². The summed E-state index contributed by atoms with van der Waals surface area (Å²) >= 11 is 0. The molecule has 2 aromatic heterocycles. The molecule has 0 radical (unpaired) electrons. The predicted octanol–water partition coefficient (Wildman–Crippen LogP) is 2.45. The average molecular weight is 377 g/mol. The van der Waals surface area contributed by atoms with E-state index in [9.17, 15) is 14.7 Å². The molecule has 0 aliphatic carbocycles. The molecule has 0 amide bonds. The maximum Gasteiger partial charge on any atom is 0.210 e. The fourth-order valence-electron chi connectivity index (χ4n) is 4.05. The van der Waals surface area contributed by atoms with E-state index in [2.05, 4.69) is 0 Å². The van der Waals surface area contributed by atoms with Gasteiger partial charge in [0.05, 0.1) is 18.6 Å². The number of benzene rings is 1. The van der Waals surface area contributed by atoms with E-state index >= 15 is 0 Å². The molecule has 0 unspecified atom stereocenters. The fraction of sp³-hybridized carbons (Fsp3) is 0.273. The van der Waals surface area contributed by atoms with Crippen LogP contribution in [0.5, 0.6) is 5.75 Å². The summed E-state index contributed by atoms with van der Waals surface area (Å²) < 4.78 is 7.27. The van der Waals surface area contributed by atoms with Gasteiger partial charge in [-0.3, -0.25) is 4.79 Å². The number of anilines is 1. The molecule has 6 heteroatoms. The normalized spacial score (nSPS) is 13.9. The fourth-order valence-corrected chi connectivity index (χ4v) is 4.05. The molecule has 0 atom stereocenters. The molecule has 3 heterocycles. The number of methoxy groups -OCH3 is 1. The lowest BCUT2D eigenvalue weighted by Crippen LogP contribution is -2.28. The van der Waals surface area contributed by atoms with Gasteiger partial charge in [-0.15, -0.1) is 0 Å². The molecule has 4 rings (SSSR count). The van der Waals surface area contributed by atoms with Gasteiger partial charge in [0.25, 0.3) is 0 Å². The van der Waals surface area contributed by atoms with E-state index in [4.69, 9.17) is 4.74 Å². The van der Waals surface area contributed by atoms with Gasteiger partial charge < -0.3 is 23.9 Å². The molecular formula is C22H21N2O4-. The Labute approximate surface area is 163 Å². The van der Waals surface area contributed by atoms with Crippen LogP contribution in [0.2, 0.25) is 0 Å². The maximum absolute atomic E-state index is 13.3. The number of pyridine rings is 1. The summed E-state index contributed by atoms with van der Waals surface area (Å²) in [7, 11) is 1.57. The Hall–Kier alpha value is -3.28. The second kappa shape index (κ2) is 7.03. The van der Waals surface area contributed by atoms with E-state index < -0.39 is 5.97 Å². The van der Waals surface area contributed by atoms with Crippen molar-refractivity contribution < 1.29 is 19.4 Å². The third kappa shape index (κ3) is 2.81. The number of carbonyl (C=O) groups excluding carboxylic acids is 2. The zero-order valence-corrected chi connectivity index (χ0v) is 15.9. The minimum Gasteiger partial charge on any atom is -0.545 e. The SMILES string of the molecule is COc1c(C)c(C(=O)c2ccc(N3CCCC3)c(C(=O)[O-])c2)n2ccccc12. The van der Waals surface area contributed by atoms with Crippen molar-refractivity contribution in [2.45, 2.75) is 19.8 Å². The minimum absolute atomic E-state index is 0.0539. The van der Waals surface area contributed by atoms with Crippen LogP contribution in [0, 0.1) is 6.92 Å². The van der Waals surface area contributed by atoms with Gasteiger partial charge in [-0.25, -0.2) is 0 Å². The van der Waals surface area contributed by atoms with E-state index in [0.29, 0.717) is 22.7 Å². The third-order valence-corrected chi connectivity index (χ3v) is 5.37. The molecule has 0 spiro atoms. The molecule has 3 aromatic rings. The van der Waals surface area contributed by atoms with Crippen molar-refractivity contribution in [3.63, 3.8) is 0 Å². The number of aromatic carboxylic acids is 1. The van der Waals surface area contributed by atoms with Crippen molar-refractivity contribution >= 4 is 23.0 Å². The van der Waals surface area contributed by atoms with E-state index in [1.807, 2.05) is 30.0 Å². The summed E-state index contributed by atoms with van der Waals surface area (Å²) in [6, 6.07) is 10.4. The molecule has 144 valence electrons. The van der Waals surface area contributed by atoms with E-state index in [0.717, 1.165) is 37.0 Å². The number of carboxylic acid groups (broad SMARTS) is 1. The molecule has 1 aliphatic rings. The number of nitrogens with zero attached hydrogens (tertiary/aromatic N) is 2. The van der Waals surface area contributed by atoms with E-state index in [1.54, 1.807) is 29.8 Å². The van der Waals surface area contributed by atoms with Crippen LogP contribution in [0.15, 0.2) is 42.6 Å². The Morgan fingerprint density at radius 1 is 1.11 bits per heavy atom. The van der Waals surface area contributed by atoms with Gasteiger partial charge in [0.2, 0.25) is 5.78 Å². The summed E-state index contributed by atoms with van der Waals surface area (Å²) in [5, 5.41) is 11.7. The van der Waals surface area contributed by atoms with Gasteiger partial charge in [-0.2, -0.15) is 0 Å². The number of rotatable bonds is 5. The van der Waals surface area contributed by atoms with Crippen LogP contribution in [-0.4, -0.2) is 36.4 Å². The molecule has 0 bridgehead atoms. The van der Waals surface area contributed by atoms with Gasteiger partial charge in [0.15, 0.2) is 0 Å². The quantitative estimate of drug-likeness (QED) is 0.639. The topological polar surface area (TPSA) is 74.1 Å². The van der Waals surface area contributed by atoms with Crippen molar-refractivity contribution in [2.75, 3.05) is 25.1 Å². The lowest BCUT2D eigenvalue weighted by molar-refractivity contribution is -0.254. The lowest BCUT2D eigenvalue weighted by Gasteiger charge is -2.22. The van der Waals surface area contributed by atoms with Gasteiger partial charge in [0.1, 0.15) is 11.4 Å². The molecule has 1 aliphatic heterocycles. The minimum atomic E-state index is -1.27. The van der Waals surface area contributed by atoms with E-state index in [1.165, 1.54) is 6.07 Å². The highest BCUT2D eigenvalue weighted by atomic mass is 16.5. The van der Waals surface area contributed by atoms with Crippen molar-refractivity contribution in [1.82, 2.24) is 4.40 Å². The maximum atomic E-state index is 13.3. The largest absolute Gasteiger partial charge is 0.545 e. The molecular weight excluding hydrogens is 356 g/mol. The summed E-state index contributed by atoms with van der Waals surface area (Å²) in [4.78, 5) is 27.1. The smallest absolute Gasteiger partial charge is 0.210 e. The molecule has 1 saturated heterocycles. The Morgan fingerprint density at radius 3 is 2.54 bits per heavy atom. The molecule has 28 heavy (non-hydrogen) atoms. The number of fused-ring (bicyclic) bond motifs is 1. The summed E-state index contributed by atoms with van der Waals surface area (Å²) in [6.45, 7) is 3.46. The average Bonchev–Trinajstić information content (AvgIpc) is 3.32. The molecule has 0 saturated carbocycles. The Bertz CT molecular complexity index is 1080. The van der Waals surface area contributed by atoms with Crippen LogP contribution in [0.3, 0.4) is 0 Å².